The molecule has 37 heavy (non-hydrogen) atoms. The first-order valence-electron chi connectivity index (χ1n) is 11.7. The van der Waals surface area contributed by atoms with Crippen molar-refractivity contribution in [2.75, 3.05) is 23.4 Å². The van der Waals surface area contributed by atoms with E-state index >= 15 is 0 Å². The number of hydrogen-bond donors (Lipinski definition) is 4. The Kier molecular flexibility index (Phi) is 7.68. The number of imidazole rings is 1. The van der Waals surface area contributed by atoms with Crippen LogP contribution < -0.4 is 20.7 Å². The topological polar surface area (TPSA) is 146 Å². The first-order valence-corrected chi connectivity index (χ1v) is 11.7. The average molecular weight is 501 g/mol. The number of carbonyl (C=O) groups is 2. The number of amidine groups is 1. The summed E-state index contributed by atoms with van der Waals surface area (Å²) in [6.45, 7) is 3.90. The molecular formula is C27H28N6O4. The Bertz CT molecular complexity index is 1420. The van der Waals surface area contributed by atoms with Gasteiger partial charge in [-0.05, 0) is 62.4 Å². The van der Waals surface area contributed by atoms with Gasteiger partial charge in [0.05, 0.1) is 24.2 Å². The van der Waals surface area contributed by atoms with Crippen molar-refractivity contribution in [3.63, 3.8) is 0 Å². The van der Waals surface area contributed by atoms with Crippen molar-refractivity contribution in [2.45, 2.75) is 20.4 Å². The van der Waals surface area contributed by atoms with Gasteiger partial charge in [-0.3, -0.25) is 15.1 Å². The minimum atomic E-state index is -0.701. The number of H-pyrrole nitrogens is 1. The number of para-hydroxylation sites is 1. The molecule has 10 nitrogen and oxygen atoms in total. The fourth-order valence-corrected chi connectivity index (χ4v) is 3.75. The smallest absolute Gasteiger partial charge is 0.420 e. The van der Waals surface area contributed by atoms with E-state index in [0.29, 0.717) is 40.4 Å². The summed E-state index contributed by atoms with van der Waals surface area (Å²) in [5, 5.41) is 10.8. The van der Waals surface area contributed by atoms with Crippen LogP contribution in [0.5, 0.6) is 5.75 Å². The van der Waals surface area contributed by atoms with Gasteiger partial charge in [0.2, 0.25) is 0 Å². The fourth-order valence-electron chi connectivity index (χ4n) is 3.75. The van der Waals surface area contributed by atoms with Crippen molar-refractivity contribution >= 4 is 40.3 Å². The van der Waals surface area contributed by atoms with E-state index in [-0.39, 0.29) is 19.0 Å². The van der Waals surface area contributed by atoms with E-state index in [4.69, 9.17) is 20.6 Å². The molecule has 1 aromatic heterocycles. The number of esters is 1. The number of fused-ring (bicyclic) bond motifs is 1. The van der Waals surface area contributed by atoms with Crippen molar-refractivity contribution < 1.29 is 19.1 Å². The van der Waals surface area contributed by atoms with E-state index < -0.39 is 12.1 Å². The van der Waals surface area contributed by atoms with Crippen molar-refractivity contribution in [1.82, 2.24) is 9.97 Å². The predicted octanol–water partition coefficient (Wildman–Crippen LogP) is 4.34. The monoisotopic (exact) mass is 500 g/mol. The van der Waals surface area contributed by atoms with Crippen molar-refractivity contribution in [1.29, 1.82) is 5.41 Å². The first-order chi connectivity index (χ1) is 17.9. The van der Waals surface area contributed by atoms with Crippen LogP contribution in [0.4, 0.5) is 16.2 Å². The number of nitrogens with zero attached hydrogens (tertiary/aromatic N) is 2. The molecule has 1 heterocycles. The van der Waals surface area contributed by atoms with Gasteiger partial charge in [0.1, 0.15) is 24.0 Å². The SMILES string of the molecule is CCOC(=O)CN(C(=O)Oc1ccc2[nH]c(CNc3ccc(C(=N)N)cc3)nc2c1C)c1ccccc1. The van der Waals surface area contributed by atoms with Gasteiger partial charge in [0, 0.05) is 22.5 Å². The maximum Gasteiger partial charge on any atom is 0.420 e. The highest BCUT2D eigenvalue weighted by Crippen LogP contribution is 2.27. The number of aromatic nitrogens is 2. The Hall–Kier alpha value is -4.86. The lowest BCUT2D eigenvalue weighted by molar-refractivity contribution is -0.141. The zero-order valence-electron chi connectivity index (χ0n) is 20.6. The second kappa shape index (κ2) is 11.3. The molecule has 0 bridgehead atoms. The molecule has 0 unspecified atom stereocenters. The first kappa shape index (κ1) is 25.2. The second-order valence-electron chi connectivity index (χ2n) is 8.21. The van der Waals surface area contributed by atoms with Crippen molar-refractivity contribution in [3.05, 3.63) is 83.7 Å². The van der Waals surface area contributed by atoms with E-state index in [1.165, 1.54) is 4.90 Å². The number of carbonyl (C=O) groups excluding carboxylic acids is 2. The molecule has 0 spiro atoms. The lowest BCUT2D eigenvalue weighted by Crippen LogP contribution is -2.38. The maximum atomic E-state index is 13.1. The molecule has 0 aliphatic carbocycles. The third-order valence-corrected chi connectivity index (χ3v) is 5.64. The molecule has 0 saturated heterocycles. The van der Waals surface area contributed by atoms with Crippen molar-refractivity contribution in [3.8, 4) is 5.75 Å². The molecule has 4 rings (SSSR count). The van der Waals surface area contributed by atoms with Gasteiger partial charge in [-0.25, -0.2) is 9.78 Å². The molecular weight excluding hydrogens is 472 g/mol. The molecule has 0 saturated carbocycles. The molecule has 0 atom stereocenters. The Morgan fingerprint density at radius 2 is 1.81 bits per heavy atom. The quantitative estimate of drug-likeness (QED) is 0.152. The van der Waals surface area contributed by atoms with Crippen LogP contribution in [0.3, 0.4) is 0 Å². The summed E-state index contributed by atoms with van der Waals surface area (Å²) in [6.07, 6.45) is -0.701. The van der Waals surface area contributed by atoms with Gasteiger partial charge >= 0.3 is 12.1 Å². The number of aryl methyl sites for hydroxylation is 1. The van der Waals surface area contributed by atoms with Crippen molar-refractivity contribution in [2.24, 2.45) is 5.73 Å². The van der Waals surface area contributed by atoms with Gasteiger partial charge in [-0.1, -0.05) is 18.2 Å². The van der Waals surface area contributed by atoms with Crippen LogP contribution in [0.1, 0.15) is 23.9 Å². The Morgan fingerprint density at radius 1 is 1.08 bits per heavy atom. The Labute approximate surface area is 213 Å². The van der Waals surface area contributed by atoms with Crippen LogP contribution in [0, 0.1) is 12.3 Å². The molecule has 10 heteroatoms. The molecule has 1 amide bonds. The van der Waals surface area contributed by atoms with Gasteiger partial charge in [0.15, 0.2) is 0 Å². The number of nitrogen functional groups attached to an aromatic ring is 1. The highest BCUT2D eigenvalue weighted by molar-refractivity contribution is 5.96. The molecule has 190 valence electrons. The summed E-state index contributed by atoms with van der Waals surface area (Å²) < 4.78 is 10.7. The molecule has 3 aromatic carbocycles. The molecule has 5 N–H and O–H groups in total. The number of benzene rings is 3. The maximum absolute atomic E-state index is 13.1. The van der Waals surface area contributed by atoms with E-state index in [2.05, 4.69) is 15.3 Å². The average Bonchev–Trinajstić information content (AvgIpc) is 3.32. The lowest BCUT2D eigenvalue weighted by atomic mass is 10.2. The van der Waals surface area contributed by atoms with E-state index in [1.807, 2.05) is 25.1 Å². The zero-order chi connectivity index (χ0) is 26.4. The highest BCUT2D eigenvalue weighted by atomic mass is 16.6. The number of hydrogen-bond acceptors (Lipinski definition) is 7. The minimum Gasteiger partial charge on any atom is -0.465 e. The van der Waals surface area contributed by atoms with E-state index in [1.54, 1.807) is 55.5 Å². The van der Waals surface area contributed by atoms with Crippen LogP contribution in [-0.2, 0) is 16.1 Å². The normalized spacial score (nSPS) is 10.6. The second-order valence-corrected chi connectivity index (χ2v) is 8.21. The molecule has 0 aliphatic rings. The van der Waals surface area contributed by atoms with Gasteiger partial charge < -0.3 is 25.5 Å². The van der Waals surface area contributed by atoms with Gasteiger partial charge in [-0.2, -0.15) is 0 Å². The summed E-state index contributed by atoms with van der Waals surface area (Å²) in [4.78, 5) is 34.4. The Balaban J connectivity index is 1.50. The number of anilines is 2. The lowest BCUT2D eigenvalue weighted by Gasteiger charge is -2.21. The van der Waals surface area contributed by atoms with Crippen LogP contribution in [0.2, 0.25) is 0 Å². The molecule has 0 aliphatic heterocycles. The fraction of sp³-hybridized carbons (Fsp3) is 0.185. The highest BCUT2D eigenvalue weighted by Gasteiger charge is 2.23. The van der Waals surface area contributed by atoms with Crippen LogP contribution >= 0.6 is 0 Å². The minimum absolute atomic E-state index is 0.0172. The summed E-state index contributed by atoms with van der Waals surface area (Å²) in [7, 11) is 0. The third kappa shape index (κ3) is 6.04. The largest absolute Gasteiger partial charge is 0.465 e. The number of amides is 1. The van der Waals surface area contributed by atoms with Crippen LogP contribution in [0.15, 0.2) is 66.7 Å². The summed E-state index contributed by atoms with van der Waals surface area (Å²) in [5.41, 5.74) is 9.69. The summed E-state index contributed by atoms with van der Waals surface area (Å²) in [6, 6.07) is 19.5. The van der Waals surface area contributed by atoms with E-state index in [9.17, 15) is 9.59 Å². The van der Waals surface area contributed by atoms with E-state index in [0.717, 1.165) is 11.2 Å². The van der Waals surface area contributed by atoms with Gasteiger partial charge in [-0.15, -0.1) is 0 Å². The van der Waals surface area contributed by atoms with Crippen LogP contribution in [-0.4, -0.2) is 41.0 Å². The summed E-state index contributed by atoms with van der Waals surface area (Å²) in [5.74, 6) is 0.526. The predicted molar refractivity (Wildman–Crippen MR) is 142 cm³/mol. The number of ether oxygens (including phenoxy) is 2. The number of nitrogens with one attached hydrogen (secondary N) is 3. The van der Waals surface area contributed by atoms with Crippen LogP contribution in [0.25, 0.3) is 11.0 Å². The molecule has 0 radical (unpaired) electrons. The third-order valence-electron chi connectivity index (χ3n) is 5.64. The zero-order valence-corrected chi connectivity index (χ0v) is 20.6. The number of rotatable bonds is 9. The molecule has 4 aromatic rings. The Morgan fingerprint density at radius 3 is 2.49 bits per heavy atom. The molecule has 0 fully saturated rings. The number of aromatic amines is 1. The standard InChI is InChI=1S/C27H28N6O4/c1-3-36-24(34)16-33(20-7-5-4-6-8-20)27(35)37-22-14-13-21-25(17(22)2)32-23(31-21)15-30-19-11-9-18(10-12-19)26(28)29/h4-14,30H,3,15-16H2,1-2H3,(H3,28,29)(H,31,32). The van der Waals surface area contributed by atoms with Gasteiger partial charge in [0.25, 0.3) is 0 Å². The summed E-state index contributed by atoms with van der Waals surface area (Å²) >= 11 is 0. The number of nitrogens with two attached hydrogens (primary N) is 1.